The Bertz CT molecular complexity index is 187. The van der Waals surface area contributed by atoms with Crippen LogP contribution in [0.25, 0.3) is 0 Å². The van der Waals surface area contributed by atoms with Crippen LogP contribution < -0.4 is 0 Å². The van der Waals surface area contributed by atoms with Crippen molar-refractivity contribution in [2.75, 3.05) is 6.16 Å². The van der Waals surface area contributed by atoms with Crippen LogP contribution in [0.5, 0.6) is 0 Å². The average molecular weight is 244 g/mol. The Hall–Kier alpha value is 0.178. The predicted octanol–water partition coefficient (Wildman–Crippen LogP) is -0.940. The Labute approximate surface area is 72.5 Å². The van der Waals surface area contributed by atoms with Gasteiger partial charge < -0.3 is 0 Å². The monoisotopic (exact) mass is 244 g/mol. The number of carboxylic acid groups (broad SMARTS) is 1. The molecule has 0 rings (SSSR count). The van der Waals surface area contributed by atoms with Crippen molar-refractivity contribution < 1.29 is 24.3 Å². The van der Waals surface area contributed by atoms with Crippen molar-refractivity contribution in [3.63, 3.8) is 0 Å². The Balaban J connectivity index is 3.72. The van der Waals surface area contributed by atoms with E-state index < -0.39 is 18.3 Å². The van der Waals surface area contributed by atoms with Crippen LogP contribution in [0.4, 0.5) is 0 Å². The molecule has 0 aliphatic rings. The maximum absolute atomic E-state index is 10.3. The van der Waals surface area contributed by atoms with Crippen LogP contribution in [0.3, 0.4) is 0 Å². The molecule has 66 valence electrons. The molecular weight excluding hydrogens is 234 g/mol. The molecule has 0 aromatic heterocycles. The first-order valence-corrected chi connectivity index (χ1v) is 6.05. The summed E-state index contributed by atoms with van der Waals surface area (Å²) in [5.41, 5.74) is 0. The van der Waals surface area contributed by atoms with Gasteiger partial charge >= 0.3 is 72.0 Å². The molecule has 5 nitrogen and oxygen atoms in total. The topological polar surface area (TPSA) is 94.8 Å². The van der Waals surface area contributed by atoms with Gasteiger partial charge in [0.15, 0.2) is 0 Å². The first kappa shape index (κ1) is 11.2. The van der Waals surface area contributed by atoms with Crippen LogP contribution in [0.1, 0.15) is 6.42 Å². The molecule has 0 aliphatic heterocycles. The molecule has 0 aliphatic carbocycles. The molecule has 0 aromatic carbocycles. The van der Waals surface area contributed by atoms with Gasteiger partial charge in [-0.25, -0.2) is 0 Å². The second-order valence-electron chi connectivity index (χ2n) is 2.12. The summed E-state index contributed by atoms with van der Waals surface area (Å²) in [5.74, 6) is -1.00. The number of aliphatic carboxylic acids is 1. The summed E-state index contributed by atoms with van der Waals surface area (Å²) in [6, 6.07) is 0. The molecular formula is C4H10AsO5P. The predicted molar refractivity (Wildman–Crippen MR) is 41.5 cm³/mol. The van der Waals surface area contributed by atoms with Gasteiger partial charge in [-0.2, -0.15) is 0 Å². The standard InChI is InChI=1S/C4H10AsO5P/c5-3(4(6)7)1-2-11(8,9)10/h3H,1-2,5H2,(H,6,7)(H2,8,9,10). The third kappa shape index (κ3) is 6.57. The van der Waals surface area contributed by atoms with Gasteiger partial charge in [0, 0.05) is 0 Å². The van der Waals surface area contributed by atoms with E-state index in [1.165, 1.54) is 0 Å². The number of hydrogen-bond acceptors (Lipinski definition) is 2. The molecule has 7 heteroatoms. The van der Waals surface area contributed by atoms with E-state index in [1.54, 1.807) is 0 Å². The van der Waals surface area contributed by atoms with E-state index in [2.05, 4.69) is 0 Å². The minimum atomic E-state index is -4.01. The Morgan fingerprint density at radius 3 is 2.27 bits per heavy atom. The summed E-state index contributed by atoms with van der Waals surface area (Å²) in [5, 5.41) is 8.34. The Kier molecular flexibility index (Phi) is 4.33. The second kappa shape index (κ2) is 4.27. The molecule has 0 saturated heterocycles. The van der Waals surface area contributed by atoms with E-state index in [1.807, 2.05) is 0 Å². The zero-order chi connectivity index (χ0) is 9.07. The molecule has 0 spiro atoms. The van der Waals surface area contributed by atoms with Crippen molar-refractivity contribution in [1.82, 2.24) is 0 Å². The number of carbonyl (C=O) groups is 1. The maximum atomic E-state index is 10.3. The van der Waals surface area contributed by atoms with Crippen LogP contribution in [0.15, 0.2) is 0 Å². The van der Waals surface area contributed by atoms with Crippen molar-refractivity contribution >= 4 is 30.4 Å². The zero-order valence-electron chi connectivity index (χ0n) is 5.67. The molecule has 2 atom stereocenters. The molecule has 0 amide bonds. The van der Waals surface area contributed by atoms with Crippen LogP contribution in [0, 0.1) is 0 Å². The molecule has 0 fully saturated rings. The molecule has 0 radical (unpaired) electrons. The zero-order valence-corrected chi connectivity index (χ0v) is 8.99. The first-order valence-electron chi connectivity index (χ1n) is 2.86. The van der Waals surface area contributed by atoms with Gasteiger partial charge in [0.25, 0.3) is 0 Å². The summed E-state index contributed by atoms with van der Waals surface area (Å²) in [4.78, 5) is 26.9. The van der Waals surface area contributed by atoms with E-state index in [0.29, 0.717) is 0 Å². The van der Waals surface area contributed by atoms with E-state index in [-0.39, 0.29) is 12.6 Å². The second-order valence-corrected chi connectivity index (χ2v) is 5.59. The molecule has 11 heavy (non-hydrogen) atoms. The van der Waals surface area contributed by atoms with Crippen molar-refractivity contribution in [2.24, 2.45) is 0 Å². The third-order valence-corrected chi connectivity index (χ3v) is 3.19. The number of carboxylic acids is 1. The van der Waals surface area contributed by atoms with E-state index in [4.69, 9.17) is 14.9 Å². The molecule has 0 bridgehead atoms. The molecule has 3 N–H and O–H groups in total. The molecule has 0 aromatic rings. The van der Waals surface area contributed by atoms with Crippen molar-refractivity contribution in [3.8, 4) is 0 Å². The minimum absolute atomic E-state index is 0.0413. The summed E-state index contributed by atoms with van der Waals surface area (Å²) in [7, 11) is -4.01. The third-order valence-electron chi connectivity index (χ3n) is 1.05. The van der Waals surface area contributed by atoms with E-state index >= 15 is 0 Å². The van der Waals surface area contributed by atoms with Gasteiger partial charge in [-0.15, -0.1) is 0 Å². The Morgan fingerprint density at radius 2 is 2.00 bits per heavy atom. The van der Waals surface area contributed by atoms with Crippen LogP contribution >= 0.6 is 7.60 Å². The van der Waals surface area contributed by atoms with Gasteiger partial charge in [0.05, 0.1) is 0 Å². The molecule has 0 saturated carbocycles. The number of hydrogen-bond donors (Lipinski definition) is 3. The van der Waals surface area contributed by atoms with E-state index in [9.17, 15) is 9.36 Å². The quantitative estimate of drug-likeness (QED) is 0.438. The fourth-order valence-corrected chi connectivity index (χ4v) is 1.98. The molecule has 2 unspecified atom stereocenters. The van der Waals surface area contributed by atoms with Gasteiger partial charge in [-0.05, 0) is 0 Å². The van der Waals surface area contributed by atoms with E-state index in [0.717, 1.165) is 16.9 Å². The van der Waals surface area contributed by atoms with Crippen LogP contribution in [-0.4, -0.2) is 43.9 Å². The number of rotatable bonds is 4. The van der Waals surface area contributed by atoms with Crippen molar-refractivity contribution in [1.29, 1.82) is 0 Å². The summed E-state index contributed by atoms with van der Waals surface area (Å²) < 4.78 is 9.64. The summed E-state index contributed by atoms with van der Waals surface area (Å²) in [6.07, 6.45) is -0.304. The summed E-state index contributed by atoms with van der Waals surface area (Å²) >= 11 is 0.969. The normalized spacial score (nSPS) is 14.5. The van der Waals surface area contributed by atoms with Gasteiger partial charge in [0.1, 0.15) is 0 Å². The fourth-order valence-electron chi connectivity index (χ4n) is 0.431. The SMILES string of the molecule is O=C(O)C([AsH2])CCP(=O)(O)O. The van der Waals surface area contributed by atoms with Crippen LogP contribution in [0.2, 0.25) is 4.71 Å². The van der Waals surface area contributed by atoms with Crippen molar-refractivity contribution in [2.45, 2.75) is 11.1 Å². The first-order chi connectivity index (χ1) is 4.83. The molecule has 0 heterocycles. The van der Waals surface area contributed by atoms with Crippen LogP contribution in [-0.2, 0) is 9.36 Å². The summed E-state index contributed by atoms with van der Waals surface area (Å²) in [6.45, 7) is 0. The van der Waals surface area contributed by atoms with Crippen molar-refractivity contribution in [3.05, 3.63) is 0 Å². The fraction of sp³-hybridized carbons (Fsp3) is 0.750. The van der Waals surface area contributed by atoms with Gasteiger partial charge in [-0.1, -0.05) is 0 Å². The average Bonchev–Trinajstić information content (AvgIpc) is 1.80. The Morgan fingerprint density at radius 1 is 1.55 bits per heavy atom. The van der Waals surface area contributed by atoms with Gasteiger partial charge in [-0.3, -0.25) is 0 Å². The van der Waals surface area contributed by atoms with Gasteiger partial charge in [0.2, 0.25) is 0 Å².